The number of benzene rings is 1. The summed E-state index contributed by atoms with van der Waals surface area (Å²) in [5.41, 5.74) is 3.80. The molecule has 0 radical (unpaired) electrons. The van der Waals surface area contributed by atoms with Crippen LogP contribution in [0.5, 0.6) is 0 Å². The van der Waals surface area contributed by atoms with Crippen LogP contribution in [0.1, 0.15) is 11.3 Å². The van der Waals surface area contributed by atoms with Gasteiger partial charge >= 0.3 is 0 Å². The van der Waals surface area contributed by atoms with Gasteiger partial charge in [-0.05, 0) is 31.7 Å². The largest absolute Gasteiger partial charge is 0.357 e. The first-order chi connectivity index (χ1) is 6.72. The molecule has 74 valence electrons. The van der Waals surface area contributed by atoms with Crippen molar-refractivity contribution in [2.24, 2.45) is 0 Å². The maximum Gasteiger partial charge on any atom is 0.0470 e. The number of nitrogens with one attached hydrogen (secondary N) is 2. The monoisotopic (exact) mass is 252 g/mol. The summed E-state index contributed by atoms with van der Waals surface area (Å²) in [7, 11) is 1.96. The first-order valence-corrected chi connectivity index (χ1v) is 5.43. The number of H-pyrrole nitrogens is 1. The highest BCUT2D eigenvalue weighted by Crippen LogP contribution is 2.24. The lowest BCUT2D eigenvalue weighted by molar-refractivity contribution is 0.794. The molecule has 0 spiro atoms. The van der Waals surface area contributed by atoms with Gasteiger partial charge in [-0.1, -0.05) is 22.0 Å². The van der Waals surface area contributed by atoms with Crippen LogP contribution in [-0.4, -0.2) is 12.0 Å². The summed E-state index contributed by atoms with van der Waals surface area (Å²) in [6.45, 7) is 3.04. The Balaban J connectivity index is 2.61. The third kappa shape index (κ3) is 1.57. The van der Waals surface area contributed by atoms with Gasteiger partial charge in [-0.25, -0.2) is 0 Å². The Morgan fingerprint density at radius 1 is 1.43 bits per heavy atom. The number of rotatable bonds is 2. The lowest BCUT2D eigenvalue weighted by atomic mass is 10.1. The molecule has 1 aromatic heterocycles. The molecule has 0 atom stereocenters. The van der Waals surface area contributed by atoms with Crippen LogP contribution in [0.3, 0.4) is 0 Å². The van der Waals surface area contributed by atoms with Crippen LogP contribution < -0.4 is 5.32 Å². The molecule has 1 heterocycles. The highest BCUT2D eigenvalue weighted by atomic mass is 79.9. The van der Waals surface area contributed by atoms with Crippen LogP contribution in [-0.2, 0) is 6.54 Å². The van der Waals surface area contributed by atoms with Crippen LogP contribution in [0.2, 0.25) is 0 Å². The summed E-state index contributed by atoms with van der Waals surface area (Å²) in [5, 5.41) is 4.46. The van der Waals surface area contributed by atoms with Gasteiger partial charge in [0.1, 0.15) is 0 Å². The second kappa shape index (κ2) is 3.75. The van der Waals surface area contributed by atoms with E-state index in [1.165, 1.54) is 22.2 Å². The first kappa shape index (κ1) is 9.74. The fraction of sp³-hybridized carbons (Fsp3) is 0.273. The van der Waals surface area contributed by atoms with Crippen molar-refractivity contribution >= 4 is 26.8 Å². The van der Waals surface area contributed by atoms with Crippen molar-refractivity contribution in [2.45, 2.75) is 13.5 Å². The van der Waals surface area contributed by atoms with E-state index in [0.29, 0.717) is 0 Å². The SMILES string of the molecule is CNCc1[nH]c2cc(Br)ccc2c1C. The zero-order valence-electron chi connectivity index (χ0n) is 8.32. The van der Waals surface area contributed by atoms with Crippen LogP contribution in [0.15, 0.2) is 22.7 Å². The predicted octanol–water partition coefficient (Wildman–Crippen LogP) is 2.96. The molecule has 0 saturated carbocycles. The van der Waals surface area contributed by atoms with E-state index in [1.807, 2.05) is 7.05 Å². The third-order valence-corrected chi connectivity index (χ3v) is 2.97. The maximum absolute atomic E-state index is 3.47. The summed E-state index contributed by atoms with van der Waals surface area (Å²) < 4.78 is 1.11. The first-order valence-electron chi connectivity index (χ1n) is 4.63. The van der Waals surface area contributed by atoms with Crippen LogP contribution in [0, 0.1) is 6.92 Å². The number of fused-ring (bicyclic) bond motifs is 1. The fourth-order valence-corrected chi connectivity index (χ4v) is 2.08. The van der Waals surface area contributed by atoms with Gasteiger partial charge in [0.15, 0.2) is 0 Å². The number of aromatic nitrogens is 1. The van der Waals surface area contributed by atoms with E-state index in [1.54, 1.807) is 0 Å². The summed E-state index contributed by atoms with van der Waals surface area (Å²) in [6.07, 6.45) is 0. The predicted molar refractivity (Wildman–Crippen MR) is 63.5 cm³/mol. The molecule has 0 aliphatic carbocycles. The molecule has 0 fully saturated rings. The molecule has 0 aliphatic rings. The van der Waals surface area contributed by atoms with Gasteiger partial charge in [0, 0.05) is 27.6 Å². The van der Waals surface area contributed by atoms with E-state index >= 15 is 0 Å². The number of hydrogen-bond acceptors (Lipinski definition) is 1. The Morgan fingerprint density at radius 3 is 2.93 bits per heavy atom. The molecule has 2 rings (SSSR count). The number of halogens is 1. The molecule has 14 heavy (non-hydrogen) atoms. The van der Waals surface area contributed by atoms with Crippen molar-refractivity contribution in [3.05, 3.63) is 33.9 Å². The van der Waals surface area contributed by atoms with Gasteiger partial charge in [-0.15, -0.1) is 0 Å². The zero-order valence-corrected chi connectivity index (χ0v) is 9.90. The molecule has 0 unspecified atom stereocenters. The summed E-state index contributed by atoms with van der Waals surface area (Å²) in [4.78, 5) is 3.41. The minimum Gasteiger partial charge on any atom is -0.357 e. The number of hydrogen-bond donors (Lipinski definition) is 2. The van der Waals surface area contributed by atoms with Gasteiger partial charge in [0.25, 0.3) is 0 Å². The minimum atomic E-state index is 0.887. The van der Waals surface area contributed by atoms with Crippen LogP contribution >= 0.6 is 15.9 Å². The Bertz CT molecular complexity index is 460. The number of aromatic amines is 1. The second-order valence-corrected chi connectivity index (χ2v) is 4.36. The molecule has 2 N–H and O–H groups in total. The summed E-state index contributed by atoms with van der Waals surface area (Å²) >= 11 is 3.47. The third-order valence-electron chi connectivity index (χ3n) is 2.48. The Morgan fingerprint density at radius 2 is 2.21 bits per heavy atom. The topological polar surface area (TPSA) is 27.8 Å². The molecule has 0 saturated heterocycles. The van der Waals surface area contributed by atoms with Gasteiger partial charge in [0.2, 0.25) is 0 Å². The zero-order chi connectivity index (χ0) is 10.1. The van der Waals surface area contributed by atoms with E-state index in [2.05, 4.69) is 51.4 Å². The number of aryl methyl sites for hydroxylation is 1. The van der Waals surface area contributed by atoms with Gasteiger partial charge in [-0.2, -0.15) is 0 Å². The molecule has 0 aliphatic heterocycles. The van der Waals surface area contributed by atoms with Crippen molar-refractivity contribution in [2.75, 3.05) is 7.05 Å². The van der Waals surface area contributed by atoms with Crippen LogP contribution in [0.4, 0.5) is 0 Å². The van der Waals surface area contributed by atoms with Gasteiger partial charge in [-0.3, -0.25) is 0 Å². The molecule has 0 amide bonds. The molecule has 2 nitrogen and oxygen atoms in total. The lowest BCUT2D eigenvalue weighted by Crippen LogP contribution is -2.06. The lowest BCUT2D eigenvalue weighted by Gasteiger charge is -1.96. The quantitative estimate of drug-likeness (QED) is 0.846. The summed E-state index contributed by atoms with van der Waals surface area (Å²) in [6, 6.07) is 6.33. The normalized spacial score (nSPS) is 11.1. The standard InChI is InChI=1S/C11H13BrN2/c1-7-9-4-3-8(12)5-10(9)14-11(7)6-13-2/h3-5,13-14H,6H2,1-2H3. The Labute approximate surface area is 91.8 Å². The Hall–Kier alpha value is -0.800. The summed E-state index contributed by atoms with van der Waals surface area (Å²) in [5.74, 6) is 0. The smallest absolute Gasteiger partial charge is 0.0470 e. The molecule has 1 aromatic carbocycles. The van der Waals surface area contributed by atoms with Crippen molar-refractivity contribution in [3.8, 4) is 0 Å². The van der Waals surface area contributed by atoms with Crippen molar-refractivity contribution in [3.63, 3.8) is 0 Å². The van der Waals surface area contributed by atoms with Crippen LogP contribution in [0.25, 0.3) is 10.9 Å². The molecule has 2 aromatic rings. The molecule has 3 heteroatoms. The van der Waals surface area contributed by atoms with E-state index < -0.39 is 0 Å². The van der Waals surface area contributed by atoms with Crippen molar-refractivity contribution < 1.29 is 0 Å². The van der Waals surface area contributed by atoms with E-state index in [9.17, 15) is 0 Å². The van der Waals surface area contributed by atoms with E-state index in [-0.39, 0.29) is 0 Å². The van der Waals surface area contributed by atoms with Gasteiger partial charge in [0.05, 0.1) is 0 Å². The molecular weight excluding hydrogens is 240 g/mol. The van der Waals surface area contributed by atoms with Crippen molar-refractivity contribution in [1.29, 1.82) is 0 Å². The maximum atomic E-state index is 3.47. The van der Waals surface area contributed by atoms with E-state index in [0.717, 1.165) is 11.0 Å². The Kier molecular flexibility index (Phi) is 2.61. The molecule has 0 bridgehead atoms. The minimum absolute atomic E-state index is 0.887. The highest BCUT2D eigenvalue weighted by molar-refractivity contribution is 9.10. The second-order valence-electron chi connectivity index (χ2n) is 3.45. The highest BCUT2D eigenvalue weighted by Gasteiger charge is 2.06. The average molecular weight is 253 g/mol. The van der Waals surface area contributed by atoms with E-state index in [4.69, 9.17) is 0 Å². The van der Waals surface area contributed by atoms with Gasteiger partial charge < -0.3 is 10.3 Å². The fourth-order valence-electron chi connectivity index (χ4n) is 1.72. The van der Waals surface area contributed by atoms with Crippen molar-refractivity contribution in [1.82, 2.24) is 10.3 Å². The molecular formula is C11H13BrN2. The average Bonchev–Trinajstić information content (AvgIpc) is 2.44.